The van der Waals surface area contributed by atoms with Crippen LogP contribution in [0, 0.1) is 5.92 Å². The fourth-order valence-corrected chi connectivity index (χ4v) is 2.40. The van der Waals surface area contributed by atoms with E-state index in [4.69, 9.17) is 0 Å². The van der Waals surface area contributed by atoms with Gasteiger partial charge in [-0.05, 0) is 73.1 Å². The molecule has 0 N–H and O–H groups in total. The van der Waals surface area contributed by atoms with Gasteiger partial charge in [0, 0.05) is 17.8 Å². The predicted octanol–water partition coefficient (Wildman–Crippen LogP) is 5.70. The molecule has 1 fully saturated rings. The molecule has 0 atom stereocenters. The normalized spacial score (nSPS) is 16.0. The Morgan fingerprint density at radius 1 is 1.15 bits per heavy atom. The molecule has 1 rings (SSSR count). The number of allylic oxidation sites excluding steroid dienone is 4. The first-order valence-electron chi connectivity index (χ1n) is 7.97. The van der Waals surface area contributed by atoms with Crippen LogP contribution in [0.25, 0.3) is 0 Å². The van der Waals surface area contributed by atoms with E-state index >= 15 is 0 Å². The second-order valence-electron chi connectivity index (χ2n) is 7.42. The number of rotatable bonds is 7. The SMILES string of the molecule is C=C(C1CC1)N(C/C=C(/C)CCC=C(C)C)C(C)(C)C. The molecule has 0 amide bonds. The van der Waals surface area contributed by atoms with Gasteiger partial charge < -0.3 is 4.90 Å². The second kappa shape index (κ2) is 7.15. The van der Waals surface area contributed by atoms with Gasteiger partial charge in [-0.2, -0.15) is 0 Å². The Kier molecular flexibility index (Phi) is 6.10. The maximum atomic E-state index is 4.33. The van der Waals surface area contributed by atoms with Crippen LogP contribution in [0.1, 0.15) is 67.2 Å². The van der Waals surface area contributed by atoms with E-state index in [1.54, 1.807) is 0 Å². The van der Waals surface area contributed by atoms with Gasteiger partial charge in [0.05, 0.1) is 0 Å². The zero-order chi connectivity index (χ0) is 15.3. The molecular weight excluding hydrogens is 242 g/mol. The minimum atomic E-state index is 0.163. The number of nitrogens with zero attached hydrogens (tertiary/aromatic N) is 1. The molecule has 0 unspecified atom stereocenters. The topological polar surface area (TPSA) is 3.24 Å². The molecule has 1 aliphatic carbocycles. The molecule has 0 aromatic heterocycles. The van der Waals surface area contributed by atoms with Crippen molar-refractivity contribution in [2.75, 3.05) is 6.54 Å². The van der Waals surface area contributed by atoms with Gasteiger partial charge in [0.15, 0.2) is 0 Å². The van der Waals surface area contributed by atoms with E-state index in [0.717, 1.165) is 18.9 Å². The molecule has 0 spiro atoms. The Morgan fingerprint density at radius 2 is 1.75 bits per heavy atom. The molecule has 1 nitrogen and oxygen atoms in total. The average molecular weight is 275 g/mol. The lowest BCUT2D eigenvalue weighted by atomic mass is 10.0. The first-order valence-corrected chi connectivity index (χ1v) is 7.97. The third kappa shape index (κ3) is 5.98. The van der Waals surface area contributed by atoms with Gasteiger partial charge in [-0.15, -0.1) is 0 Å². The molecule has 20 heavy (non-hydrogen) atoms. The maximum Gasteiger partial charge on any atom is 0.0364 e. The zero-order valence-electron chi connectivity index (χ0n) is 14.4. The van der Waals surface area contributed by atoms with Crippen LogP contribution in [-0.4, -0.2) is 17.0 Å². The second-order valence-corrected chi connectivity index (χ2v) is 7.42. The molecule has 0 radical (unpaired) electrons. The fraction of sp³-hybridized carbons (Fsp3) is 0.684. The highest BCUT2D eigenvalue weighted by atomic mass is 15.2. The highest BCUT2D eigenvalue weighted by Crippen LogP contribution is 2.39. The Labute approximate surface area is 126 Å². The third-order valence-corrected chi connectivity index (χ3v) is 3.92. The summed E-state index contributed by atoms with van der Waals surface area (Å²) in [5, 5.41) is 0. The minimum Gasteiger partial charge on any atom is -0.366 e. The molecule has 1 heteroatoms. The van der Waals surface area contributed by atoms with E-state index < -0.39 is 0 Å². The first kappa shape index (κ1) is 17.1. The first-order chi connectivity index (χ1) is 9.21. The van der Waals surface area contributed by atoms with Crippen LogP contribution in [0.3, 0.4) is 0 Å². The van der Waals surface area contributed by atoms with Crippen molar-refractivity contribution in [2.24, 2.45) is 5.92 Å². The summed E-state index contributed by atoms with van der Waals surface area (Å²) in [6.07, 6.45) is 9.69. The van der Waals surface area contributed by atoms with Crippen molar-refractivity contribution in [3.05, 3.63) is 35.6 Å². The van der Waals surface area contributed by atoms with Crippen molar-refractivity contribution in [2.45, 2.75) is 72.8 Å². The Hall–Kier alpha value is -0.980. The lowest BCUT2D eigenvalue weighted by molar-refractivity contribution is 0.195. The highest BCUT2D eigenvalue weighted by molar-refractivity contribution is 5.13. The van der Waals surface area contributed by atoms with Crippen LogP contribution in [0.4, 0.5) is 0 Å². The van der Waals surface area contributed by atoms with Crippen LogP contribution in [0.15, 0.2) is 35.6 Å². The van der Waals surface area contributed by atoms with Crippen LogP contribution in [-0.2, 0) is 0 Å². The summed E-state index contributed by atoms with van der Waals surface area (Å²) >= 11 is 0. The molecular formula is C19H33N. The monoisotopic (exact) mass is 275 g/mol. The van der Waals surface area contributed by atoms with Gasteiger partial charge in [-0.1, -0.05) is 29.9 Å². The quantitative estimate of drug-likeness (QED) is 0.538. The molecule has 1 saturated carbocycles. The van der Waals surface area contributed by atoms with Crippen molar-refractivity contribution in [1.29, 1.82) is 0 Å². The summed E-state index contributed by atoms with van der Waals surface area (Å²) in [7, 11) is 0. The average Bonchev–Trinajstić information content (AvgIpc) is 3.10. The van der Waals surface area contributed by atoms with Crippen LogP contribution >= 0.6 is 0 Å². The Balaban J connectivity index is 2.56. The fourth-order valence-electron chi connectivity index (χ4n) is 2.40. The Bertz CT molecular complexity index is 384. The van der Waals surface area contributed by atoms with Crippen molar-refractivity contribution in [3.8, 4) is 0 Å². The molecule has 0 aliphatic heterocycles. The van der Waals surface area contributed by atoms with E-state index in [-0.39, 0.29) is 5.54 Å². The number of hydrogen-bond acceptors (Lipinski definition) is 1. The van der Waals surface area contributed by atoms with Gasteiger partial charge in [0.2, 0.25) is 0 Å². The van der Waals surface area contributed by atoms with Gasteiger partial charge in [-0.25, -0.2) is 0 Å². The summed E-state index contributed by atoms with van der Waals surface area (Å²) in [6, 6.07) is 0. The van der Waals surface area contributed by atoms with E-state index in [9.17, 15) is 0 Å². The van der Waals surface area contributed by atoms with Gasteiger partial charge in [0.25, 0.3) is 0 Å². The summed E-state index contributed by atoms with van der Waals surface area (Å²) < 4.78 is 0. The molecule has 0 aromatic carbocycles. The van der Waals surface area contributed by atoms with Gasteiger partial charge >= 0.3 is 0 Å². The van der Waals surface area contributed by atoms with Crippen LogP contribution in [0.5, 0.6) is 0 Å². The van der Waals surface area contributed by atoms with E-state index in [2.05, 4.69) is 65.2 Å². The molecule has 114 valence electrons. The summed E-state index contributed by atoms with van der Waals surface area (Å²) in [5.41, 5.74) is 4.40. The molecule has 0 bridgehead atoms. The molecule has 0 aromatic rings. The molecule has 1 aliphatic rings. The van der Waals surface area contributed by atoms with Crippen molar-refractivity contribution >= 4 is 0 Å². The van der Waals surface area contributed by atoms with E-state index in [1.807, 2.05) is 0 Å². The van der Waals surface area contributed by atoms with Gasteiger partial charge in [-0.3, -0.25) is 0 Å². The summed E-state index contributed by atoms with van der Waals surface area (Å²) in [6.45, 7) is 18.8. The van der Waals surface area contributed by atoms with Crippen molar-refractivity contribution in [3.63, 3.8) is 0 Å². The summed E-state index contributed by atoms with van der Waals surface area (Å²) in [5.74, 6) is 0.744. The third-order valence-electron chi connectivity index (χ3n) is 3.92. The van der Waals surface area contributed by atoms with Crippen LogP contribution < -0.4 is 0 Å². The van der Waals surface area contributed by atoms with Crippen LogP contribution in [0.2, 0.25) is 0 Å². The molecule has 0 heterocycles. The minimum absolute atomic E-state index is 0.163. The largest absolute Gasteiger partial charge is 0.366 e. The Morgan fingerprint density at radius 3 is 2.20 bits per heavy atom. The molecule has 0 saturated heterocycles. The number of hydrogen-bond donors (Lipinski definition) is 0. The van der Waals surface area contributed by atoms with E-state index in [0.29, 0.717) is 0 Å². The van der Waals surface area contributed by atoms with Crippen molar-refractivity contribution in [1.82, 2.24) is 4.90 Å². The lowest BCUT2D eigenvalue weighted by Gasteiger charge is -2.38. The van der Waals surface area contributed by atoms with E-state index in [1.165, 1.54) is 36.1 Å². The predicted molar refractivity (Wildman–Crippen MR) is 90.7 cm³/mol. The lowest BCUT2D eigenvalue weighted by Crippen LogP contribution is -2.41. The zero-order valence-corrected chi connectivity index (χ0v) is 14.4. The summed E-state index contributed by atoms with van der Waals surface area (Å²) in [4.78, 5) is 2.48. The van der Waals surface area contributed by atoms with Gasteiger partial charge in [0.1, 0.15) is 0 Å². The highest BCUT2D eigenvalue weighted by Gasteiger charge is 2.32. The standard InChI is InChI=1S/C19H33N/c1-15(2)9-8-10-16(3)13-14-20(19(5,6)7)17(4)18-11-12-18/h9,13,18H,4,8,10-12,14H2,1-3,5-7H3/b16-13-. The smallest absolute Gasteiger partial charge is 0.0364 e. The maximum absolute atomic E-state index is 4.33. The van der Waals surface area contributed by atoms with Crippen molar-refractivity contribution < 1.29 is 0 Å².